The number of rotatable bonds is 4. The summed E-state index contributed by atoms with van der Waals surface area (Å²) in [7, 11) is 0. The fourth-order valence-corrected chi connectivity index (χ4v) is 2.80. The van der Waals surface area contributed by atoms with Crippen molar-refractivity contribution in [2.24, 2.45) is 0 Å². The molecule has 0 aliphatic heterocycles. The minimum atomic E-state index is 0.629. The van der Waals surface area contributed by atoms with Crippen molar-refractivity contribution >= 4 is 5.57 Å². The van der Waals surface area contributed by atoms with E-state index in [0.717, 1.165) is 18.4 Å². The maximum Gasteiger partial charge on any atom is -0.00604 e. The van der Waals surface area contributed by atoms with Crippen LogP contribution in [0, 0.1) is 0 Å². The monoisotopic (exact) mass is 266 g/mol. The largest absolute Gasteiger partial charge is 0.0918 e. The van der Waals surface area contributed by atoms with E-state index in [1.807, 2.05) is 0 Å². The summed E-state index contributed by atoms with van der Waals surface area (Å²) in [5.74, 6) is 0.629. The first-order valence-corrected chi connectivity index (χ1v) is 7.74. The minimum absolute atomic E-state index is 0.629. The van der Waals surface area contributed by atoms with Crippen molar-refractivity contribution in [3.8, 4) is 0 Å². The van der Waals surface area contributed by atoms with Crippen LogP contribution in [0.25, 0.3) is 5.57 Å². The molecule has 2 rings (SSSR count). The van der Waals surface area contributed by atoms with E-state index in [1.165, 1.54) is 34.3 Å². The van der Waals surface area contributed by atoms with Crippen molar-refractivity contribution in [3.63, 3.8) is 0 Å². The summed E-state index contributed by atoms with van der Waals surface area (Å²) >= 11 is 0. The van der Waals surface area contributed by atoms with Gasteiger partial charge in [-0.25, -0.2) is 0 Å². The van der Waals surface area contributed by atoms with Crippen molar-refractivity contribution in [2.75, 3.05) is 0 Å². The van der Waals surface area contributed by atoms with Gasteiger partial charge in [-0.15, -0.1) is 0 Å². The fourth-order valence-electron chi connectivity index (χ4n) is 2.80. The highest BCUT2D eigenvalue weighted by molar-refractivity contribution is 5.74. The highest BCUT2D eigenvalue weighted by Gasteiger charge is 2.12. The summed E-state index contributed by atoms with van der Waals surface area (Å²) in [6.45, 7) is 13.1. The Labute approximate surface area is 123 Å². The third-order valence-electron chi connectivity index (χ3n) is 4.24. The third kappa shape index (κ3) is 3.30. The molecule has 20 heavy (non-hydrogen) atoms. The van der Waals surface area contributed by atoms with Crippen molar-refractivity contribution < 1.29 is 0 Å². The van der Waals surface area contributed by atoms with Gasteiger partial charge in [-0.1, -0.05) is 63.3 Å². The topological polar surface area (TPSA) is 0 Å². The molecule has 0 bridgehead atoms. The number of aryl methyl sites for hydroxylation is 1. The Morgan fingerprint density at radius 1 is 1.15 bits per heavy atom. The summed E-state index contributed by atoms with van der Waals surface area (Å²) in [6, 6.07) is 7.10. The molecule has 0 nitrogen and oxygen atoms in total. The van der Waals surface area contributed by atoms with Crippen LogP contribution in [0.5, 0.6) is 0 Å². The molecule has 0 N–H and O–H groups in total. The van der Waals surface area contributed by atoms with E-state index in [2.05, 4.69) is 64.6 Å². The Hall–Kier alpha value is -1.56. The van der Waals surface area contributed by atoms with Gasteiger partial charge in [-0.2, -0.15) is 0 Å². The number of allylic oxidation sites excluding steroid dienone is 5. The molecule has 1 aromatic carbocycles. The van der Waals surface area contributed by atoms with Gasteiger partial charge in [0.25, 0.3) is 0 Å². The van der Waals surface area contributed by atoms with Crippen LogP contribution < -0.4 is 0 Å². The summed E-state index contributed by atoms with van der Waals surface area (Å²) in [5, 5.41) is 0. The molecule has 0 radical (unpaired) electrons. The van der Waals surface area contributed by atoms with Crippen molar-refractivity contribution in [1.29, 1.82) is 0 Å². The Morgan fingerprint density at radius 2 is 1.90 bits per heavy atom. The quantitative estimate of drug-likeness (QED) is 0.622. The van der Waals surface area contributed by atoms with Gasteiger partial charge in [0.1, 0.15) is 0 Å². The zero-order valence-electron chi connectivity index (χ0n) is 13.3. The predicted octanol–water partition coefficient (Wildman–Crippen LogP) is 6.05. The average Bonchev–Trinajstić information content (AvgIpc) is 2.44. The fraction of sp³-hybridized carbons (Fsp3) is 0.400. The Kier molecular flexibility index (Phi) is 4.65. The van der Waals surface area contributed by atoms with Gasteiger partial charge in [0.2, 0.25) is 0 Å². The summed E-state index contributed by atoms with van der Waals surface area (Å²) < 4.78 is 0. The molecular formula is C20H26. The highest BCUT2D eigenvalue weighted by atomic mass is 14.2. The molecule has 0 saturated heterocycles. The summed E-state index contributed by atoms with van der Waals surface area (Å²) in [5.41, 5.74) is 8.23. The van der Waals surface area contributed by atoms with Crippen molar-refractivity contribution in [2.45, 2.75) is 52.9 Å². The first-order chi connectivity index (χ1) is 9.53. The smallest absolute Gasteiger partial charge is 0.00604 e. The second-order valence-corrected chi connectivity index (χ2v) is 6.04. The molecule has 1 aromatic rings. The molecule has 0 aromatic heterocycles. The average molecular weight is 266 g/mol. The van der Waals surface area contributed by atoms with Crippen molar-refractivity contribution in [3.05, 3.63) is 64.8 Å². The highest BCUT2D eigenvalue weighted by Crippen LogP contribution is 2.32. The molecule has 1 unspecified atom stereocenters. The second-order valence-electron chi connectivity index (χ2n) is 6.04. The van der Waals surface area contributed by atoms with Crippen LogP contribution >= 0.6 is 0 Å². The van der Waals surface area contributed by atoms with Crippen LogP contribution in [0.2, 0.25) is 0 Å². The zero-order valence-corrected chi connectivity index (χ0v) is 13.3. The zero-order chi connectivity index (χ0) is 14.7. The molecule has 1 aliphatic carbocycles. The minimum Gasteiger partial charge on any atom is -0.0918 e. The molecule has 0 heteroatoms. The van der Waals surface area contributed by atoms with Gasteiger partial charge in [-0.05, 0) is 59.9 Å². The third-order valence-corrected chi connectivity index (χ3v) is 4.24. The number of hydrogen-bond donors (Lipinski definition) is 0. The second kappa shape index (κ2) is 6.26. The van der Waals surface area contributed by atoms with E-state index < -0.39 is 0 Å². The number of hydrogen-bond acceptors (Lipinski definition) is 0. The lowest BCUT2D eigenvalue weighted by atomic mass is 9.87. The first kappa shape index (κ1) is 14.8. The normalized spacial score (nSPS) is 16.7. The maximum absolute atomic E-state index is 4.10. The molecule has 0 amide bonds. The van der Waals surface area contributed by atoms with Gasteiger partial charge in [0.15, 0.2) is 0 Å². The van der Waals surface area contributed by atoms with Gasteiger partial charge in [-0.3, -0.25) is 0 Å². The molecule has 0 saturated carbocycles. The lowest BCUT2D eigenvalue weighted by Gasteiger charge is -2.18. The van der Waals surface area contributed by atoms with Crippen LogP contribution in [0.4, 0.5) is 0 Å². The Bertz CT molecular complexity index is 570. The molecule has 106 valence electrons. The molecular weight excluding hydrogens is 240 g/mol. The summed E-state index contributed by atoms with van der Waals surface area (Å²) in [4.78, 5) is 0. The first-order valence-electron chi connectivity index (χ1n) is 7.74. The molecule has 1 atom stereocenters. The van der Waals surface area contributed by atoms with Gasteiger partial charge >= 0.3 is 0 Å². The molecule has 0 heterocycles. The molecule has 1 aliphatic rings. The van der Waals surface area contributed by atoms with Crippen LogP contribution in [-0.2, 0) is 6.42 Å². The maximum atomic E-state index is 4.10. The van der Waals surface area contributed by atoms with Crippen LogP contribution in [0.1, 0.15) is 63.1 Å². The molecule has 0 spiro atoms. The standard InChI is InChI=1S/C20H26/c1-6-16(5)18-11-17(7-2)12-20(13-18)19-9-14(3)8-15(4)10-19/h8-9,11-13,16H,3,6-7,10H2,1-2,4-5H3. The van der Waals surface area contributed by atoms with Crippen LogP contribution in [0.15, 0.2) is 48.1 Å². The lowest BCUT2D eigenvalue weighted by Crippen LogP contribution is -1.99. The molecule has 0 fully saturated rings. The van der Waals surface area contributed by atoms with Crippen molar-refractivity contribution in [1.82, 2.24) is 0 Å². The SMILES string of the molecule is C=C1C=C(C)CC(c2cc(CC)cc(C(C)CC)c2)=C1. The predicted molar refractivity (Wildman–Crippen MR) is 90.0 cm³/mol. The van der Waals surface area contributed by atoms with E-state index in [9.17, 15) is 0 Å². The lowest BCUT2D eigenvalue weighted by molar-refractivity contribution is 0.731. The Balaban J connectivity index is 2.43. The van der Waals surface area contributed by atoms with E-state index >= 15 is 0 Å². The number of benzene rings is 1. The van der Waals surface area contributed by atoms with E-state index in [0.29, 0.717) is 5.92 Å². The van der Waals surface area contributed by atoms with Gasteiger partial charge in [0, 0.05) is 0 Å². The van der Waals surface area contributed by atoms with Gasteiger partial charge in [0.05, 0.1) is 0 Å². The van der Waals surface area contributed by atoms with Crippen LogP contribution in [-0.4, -0.2) is 0 Å². The summed E-state index contributed by atoms with van der Waals surface area (Å²) in [6.07, 6.45) is 7.76. The van der Waals surface area contributed by atoms with E-state index in [-0.39, 0.29) is 0 Å². The van der Waals surface area contributed by atoms with E-state index in [4.69, 9.17) is 0 Å². The van der Waals surface area contributed by atoms with Gasteiger partial charge < -0.3 is 0 Å². The Morgan fingerprint density at radius 3 is 2.50 bits per heavy atom. The van der Waals surface area contributed by atoms with E-state index in [1.54, 1.807) is 0 Å². The van der Waals surface area contributed by atoms with Crippen LogP contribution in [0.3, 0.4) is 0 Å².